The molecular formula is C16H20N2S. The number of nitrogens with zero attached hydrogens (tertiary/aromatic N) is 2. The zero-order valence-electron chi connectivity index (χ0n) is 11.6. The molecule has 1 atom stereocenters. The Balaban J connectivity index is 1.80. The molecule has 2 nitrogen and oxygen atoms in total. The molecule has 0 aliphatic carbocycles. The maximum absolute atomic E-state index is 4.63. The fourth-order valence-electron chi connectivity index (χ4n) is 2.94. The second-order valence-electron chi connectivity index (χ2n) is 5.41. The quantitative estimate of drug-likeness (QED) is 0.816. The number of hydrogen-bond acceptors (Lipinski definition) is 3. The highest BCUT2D eigenvalue weighted by atomic mass is 32.1. The van der Waals surface area contributed by atoms with Crippen LogP contribution in [-0.2, 0) is 0 Å². The van der Waals surface area contributed by atoms with Crippen molar-refractivity contribution in [1.82, 2.24) is 4.98 Å². The lowest BCUT2D eigenvalue weighted by molar-refractivity contribution is 0.508. The number of hydrogen-bond donors (Lipinski definition) is 0. The molecular weight excluding hydrogens is 252 g/mol. The first-order valence-corrected chi connectivity index (χ1v) is 7.84. The molecule has 1 unspecified atom stereocenters. The number of piperidine rings is 1. The van der Waals surface area contributed by atoms with Gasteiger partial charge in [-0.2, -0.15) is 0 Å². The Bertz CT molecular complexity index is 561. The third-order valence-electron chi connectivity index (χ3n) is 3.93. The molecule has 1 aromatic carbocycles. The maximum Gasteiger partial charge on any atom is 0.185 e. The van der Waals surface area contributed by atoms with Crippen molar-refractivity contribution in [2.24, 2.45) is 0 Å². The van der Waals surface area contributed by atoms with Crippen molar-refractivity contribution in [3.8, 4) is 0 Å². The van der Waals surface area contributed by atoms with Gasteiger partial charge in [0.2, 0.25) is 0 Å². The summed E-state index contributed by atoms with van der Waals surface area (Å²) in [5.74, 6) is 0.652. The lowest BCUT2D eigenvalue weighted by atomic mass is 9.88. The van der Waals surface area contributed by atoms with E-state index in [4.69, 9.17) is 0 Å². The summed E-state index contributed by atoms with van der Waals surface area (Å²) in [5.41, 5.74) is 4.07. The Kier molecular flexibility index (Phi) is 3.56. The summed E-state index contributed by atoms with van der Waals surface area (Å²) in [6, 6.07) is 8.80. The first-order chi connectivity index (χ1) is 9.24. The van der Waals surface area contributed by atoms with Gasteiger partial charge in [-0.05, 0) is 37.8 Å². The Hall–Kier alpha value is -1.35. The maximum atomic E-state index is 4.63. The van der Waals surface area contributed by atoms with Crippen LogP contribution in [-0.4, -0.2) is 18.1 Å². The molecule has 1 aromatic heterocycles. The van der Waals surface area contributed by atoms with E-state index < -0.39 is 0 Å². The highest BCUT2D eigenvalue weighted by Gasteiger charge is 2.23. The van der Waals surface area contributed by atoms with Gasteiger partial charge in [-0.1, -0.05) is 24.3 Å². The van der Waals surface area contributed by atoms with Crippen LogP contribution < -0.4 is 4.90 Å². The van der Waals surface area contributed by atoms with Crippen LogP contribution in [0, 0.1) is 13.8 Å². The van der Waals surface area contributed by atoms with Gasteiger partial charge in [-0.15, -0.1) is 11.3 Å². The van der Waals surface area contributed by atoms with E-state index in [0.29, 0.717) is 5.92 Å². The molecule has 3 rings (SSSR count). The van der Waals surface area contributed by atoms with E-state index in [1.807, 2.05) is 0 Å². The average Bonchev–Trinajstić information content (AvgIpc) is 2.86. The van der Waals surface area contributed by atoms with E-state index in [0.717, 1.165) is 18.8 Å². The van der Waals surface area contributed by atoms with Crippen LogP contribution in [0.25, 0.3) is 0 Å². The number of anilines is 1. The highest BCUT2D eigenvalue weighted by Crippen LogP contribution is 2.32. The Morgan fingerprint density at radius 2 is 2.11 bits per heavy atom. The van der Waals surface area contributed by atoms with Crippen LogP contribution in [0.2, 0.25) is 0 Å². The average molecular weight is 272 g/mol. The van der Waals surface area contributed by atoms with E-state index in [-0.39, 0.29) is 0 Å². The van der Waals surface area contributed by atoms with Crippen molar-refractivity contribution < 1.29 is 0 Å². The van der Waals surface area contributed by atoms with Gasteiger partial charge < -0.3 is 4.90 Å². The molecule has 1 saturated heterocycles. The number of rotatable bonds is 2. The molecule has 0 amide bonds. The highest BCUT2D eigenvalue weighted by molar-refractivity contribution is 7.13. The van der Waals surface area contributed by atoms with Crippen molar-refractivity contribution in [3.05, 3.63) is 46.5 Å². The van der Waals surface area contributed by atoms with Crippen LogP contribution in [0.15, 0.2) is 29.6 Å². The van der Waals surface area contributed by atoms with E-state index in [1.165, 1.54) is 29.1 Å². The van der Waals surface area contributed by atoms with Crippen molar-refractivity contribution in [2.75, 3.05) is 18.0 Å². The van der Waals surface area contributed by atoms with Crippen LogP contribution in [0.5, 0.6) is 0 Å². The molecule has 2 heterocycles. The molecule has 0 bridgehead atoms. The minimum atomic E-state index is 0.652. The van der Waals surface area contributed by atoms with Gasteiger partial charge in [0.1, 0.15) is 0 Å². The van der Waals surface area contributed by atoms with Crippen LogP contribution in [0.4, 0.5) is 5.13 Å². The summed E-state index contributed by atoms with van der Waals surface area (Å²) in [6.07, 6.45) is 2.56. The Morgan fingerprint density at radius 1 is 1.26 bits per heavy atom. The molecule has 0 spiro atoms. The SMILES string of the molecule is Cc1csc(N2CCCC(c3ccccc3C)C2)n1. The van der Waals surface area contributed by atoms with Gasteiger partial charge >= 0.3 is 0 Å². The smallest absolute Gasteiger partial charge is 0.185 e. The molecule has 0 N–H and O–H groups in total. The molecule has 0 saturated carbocycles. The second-order valence-corrected chi connectivity index (χ2v) is 6.25. The Labute approximate surface area is 119 Å². The summed E-state index contributed by atoms with van der Waals surface area (Å²) in [6.45, 7) is 6.55. The molecule has 1 fully saturated rings. The van der Waals surface area contributed by atoms with E-state index >= 15 is 0 Å². The molecule has 0 radical (unpaired) electrons. The zero-order chi connectivity index (χ0) is 13.2. The Morgan fingerprint density at radius 3 is 2.84 bits per heavy atom. The summed E-state index contributed by atoms with van der Waals surface area (Å²) < 4.78 is 0. The minimum absolute atomic E-state index is 0.652. The molecule has 2 aromatic rings. The predicted octanol–water partition coefficient (Wildman–Crippen LogP) is 4.14. The number of aromatic nitrogens is 1. The summed E-state index contributed by atoms with van der Waals surface area (Å²) in [5, 5.41) is 3.34. The van der Waals surface area contributed by atoms with Gasteiger partial charge in [0, 0.05) is 24.4 Å². The largest absolute Gasteiger partial charge is 0.347 e. The van der Waals surface area contributed by atoms with E-state index in [1.54, 1.807) is 11.3 Å². The standard InChI is InChI=1S/C16H20N2S/c1-12-6-3-4-8-15(12)14-7-5-9-18(10-14)16-17-13(2)11-19-16/h3-4,6,8,11,14H,5,7,9-10H2,1-2H3. The third-order valence-corrected chi connectivity index (χ3v) is 4.95. The lowest BCUT2D eigenvalue weighted by Crippen LogP contribution is -2.34. The van der Waals surface area contributed by atoms with Crippen molar-refractivity contribution in [1.29, 1.82) is 0 Å². The van der Waals surface area contributed by atoms with Crippen molar-refractivity contribution in [2.45, 2.75) is 32.6 Å². The predicted molar refractivity (Wildman–Crippen MR) is 82.2 cm³/mol. The summed E-state index contributed by atoms with van der Waals surface area (Å²) in [7, 11) is 0. The van der Waals surface area contributed by atoms with Crippen molar-refractivity contribution >= 4 is 16.5 Å². The summed E-state index contributed by atoms with van der Waals surface area (Å²) in [4.78, 5) is 7.09. The number of aryl methyl sites for hydroxylation is 2. The molecule has 3 heteroatoms. The van der Waals surface area contributed by atoms with Gasteiger partial charge in [0.15, 0.2) is 5.13 Å². The monoisotopic (exact) mass is 272 g/mol. The fourth-order valence-corrected chi connectivity index (χ4v) is 3.78. The van der Waals surface area contributed by atoms with Gasteiger partial charge in [0.05, 0.1) is 5.69 Å². The van der Waals surface area contributed by atoms with Crippen LogP contribution >= 0.6 is 11.3 Å². The lowest BCUT2D eigenvalue weighted by Gasteiger charge is -2.33. The van der Waals surface area contributed by atoms with E-state index in [9.17, 15) is 0 Å². The van der Waals surface area contributed by atoms with E-state index in [2.05, 4.69) is 53.4 Å². The van der Waals surface area contributed by atoms with Crippen LogP contribution in [0.1, 0.15) is 35.6 Å². The normalized spacial score (nSPS) is 19.7. The first-order valence-electron chi connectivity index (χ1n) is 6.96. The molecule has 100 valence electrons. The second kappa shape index (κ2) is 5.33. The fraction of sp³-hybridized carbons (Fsp3) is 0.438. The third kappa shape index (κ3) is 2.66. The van der Waals surface area contributed by atoms with Gasteiger partial charge in [-0.3, -0.25) is 0 Å². The topological polar surface area (TPSA) is 16.1 Å². The van der Waals surface area contributed by atoms with Crippen LogP contribution in [0.3, 0.4) is 0 Å². The molecule has 19 heavy (non-hydrogen) atoms. The first kappa shape index (κ1) is 12.7. The number of benzene rings is 1. The molecule has 1 aliphatic heterocycles. The summed E-state index contributed by atoms with van der Waals surface area (Å²) >= 11 is 1.77. The van der Waals surface area contributed by atoms with Gasteiger partial charge in [-0.25, -0.2) is 4.98 Å². The zero-order valence-corrected chi connectivity index (χ0v) is 12.4. The minimum Gasteiger partial charge on any atom is -0.347 e. The number of thiazole rings is 1. The van der Waals surface area contributed by atoms with Crippen molar-refractivity contribution in [3.63, 3.8) is 0 Å². The molecule has 1 aliphatic rings. The van der Waals surface area contributed by atoms with Gasteiger partial charge in [0.25, 0.3) is 0 Å².